The molecule has 94 valence electrons. The molecule has 1 saturated heterocycles. The van der Waals surface area contributed by atoms with Crippen LogP contribution in [-0.2, 0) is 0 Å². The number of likely N-dealkylation sites (tertiary alicyclic amines) is 1. The van der Waals surface area contributed by atoms with Crippen molar-refractivity contribution in [3.05, 3.63) is 0 Å². The van der Waals surface area contributed by atoms with Gasteiger partial charge in [0.1, 0.15) is 0 Å². The summed E-state index contributed by atoms with van der Waals surface area (Å²) in [4.78, 5) is 6.74. The van der Waals surface area contributed by atoms with Gasteiger partial charge in [0, 0.05) is 26.2 Å². The smallest absolute Gasteiger partial charge is 0.194 e. The van der Waals surface area contributed by atoms with Gasteiger partial charge in [0.15, 0.2) is 5.96 Å². The molecule has 0 aromatic rings. The van der Waals surface area contributed by atoms with Gasteiger partial charge in [0.05, 0.1) is 6.10 Å². The molecule has 0 aromatic heterocycles. The number of nitrogens with one attached hydrogen (secondary N) is 1. The van der Waals surface area contributed by atoms with Gasteiger partial charge in [0.25, 0.3) is 0 Å². The summed E-state index contributed by atoms with van der Waals surface area (Å²) < 4.78 is 0. The summed E-state index contributed by atoms with van der Waals surface area (Å²) in [6.07, 6.45) is 1.79. The van der Waals surface area contributed by atoms with Crippen molar-refractivity contribution in [1.82, 2.24) is 10.2 Å². The second kappa shape index (κ2) is 6.74. The van der Waals surface area contributed by atoms with Crippen LogP contribution in [0.2, 0.25) is 0 Å². The average Bonchev–Trinajstić information content (AvgIpc) is 2.63. The van der Waals surface area contributed by atoms with E-state index in [1.165, 1.54) is 0 Å². The minimum atomic E-state index is -0.186. The number of rotatable bonds is 4. The van der Waals surface area contributed by atoms with Gasteiger partial charge in [-0.25, -0.2) is 0 Å². The highest BCUT2D eigenvalue weighted by atomic mass is 16.3. The van der Waals surface area contributed by atoms with E-state index >= 15 is 0 Å². The standard InChI is InChI=1S/C12H25N3O/c1-4-13-12(14-7-5-10(2)3)15-8-6-11(16)9-15/h10-11,16H,4-9H2,1-3H3,(H,13,14)/t11-/m1/s1. The number of β-amino-alcohol motifs (C(OH)–C–C–N with tert-alkyl or cyclic N) is 1. The third-order valence-electron chi connectivity index (χ3n) is 2.77. The van der Waals surface area contributed by atoms with E-state index < -0.39 is 0 Å². The van der Waals surface area contributed by atoms with E-state index in [0.29, 0.717) is 12.5 Å². The second-order valence-corrected chi connectivity index (χ2v) is 4.81. The fraction of sp³-hybridized carbons (Fsp3) is 0.917. The molecule has 1 atom stereocenters. The van der Waals surface area contributed by atoms with Gasteiger partial charge in [-0.1, -0.05) is 13.8 Å². The van der Waals surface area contributed by atoms with Crippen molar-refractivity contribution in [2.75, 3.05) is 26.2 Å². The summed E-state index contributed by atoms with van der Waals surface area (Å²) in [6.45, 7) is 9.87. The summed E-state index contributed by atoms with van der Waals surface area (Å²) in [5.74, 6) is 1.65. The highest BCUT2D eigenvalue weighted by Crippen LogP contribution is 2.09. The van der Waals surface area contributed by atoms with Crippen LogP contribution in [0.1, 0.15) is 33.6 Å². The summed E-state index contributed by atoms with van der Waals surface area (Å²) in [5, 5.41) is 12.8. The summed E-state index contributed by atoms with van der Waals surface area (Å²) in [5.41, 5.74) is 0. The molecule has 1 heterocycles. The Morgan fingerprint density at radius 2 is 2.31 bits per heavy atom. The van der Waals surface area contributed by atoms with Gasteiger partial charge >= 0.3 is 0 Å². The quantitative estimate of drug-likeness (QED) is 0.558. The van der Waals surface area contributed by atoms with Crippen LogP contribution in [0.15, 0.2) is 4.99 Å². The van der Waals surface area contributed by atoms with Gasteiger partial charge in [0.2, 0.25) is 0 Å². The Bertz CT molecular complexity index is 228. The molecule has 0 radical (unpaired) electrons. The first-order valence-corrected chi connectivity index (χ1v) is 6.34. The van der Waals surface area contributed by atoms with Crippen LogP contribution in [0.3, 0.4) is 0 Å². The zero-order valence-corrected chi connectivity index (χ0v) is 10.7. The number of hydrogen-bond acceptors (Lipinski definition) is 2. The lowest BCUT2D eigenvalue weighted by Gasteiger charge is -2.21. The molecule has 4 nitrogen and oxygen atoms in total. The number of guanidine groups is 1. The molecule has 1 fully saturated rings. The molecule has 0 unspecified atom stereocenters. The van der Waals surface area contributed by atoms with Crippen molar-refractivity contribution >= 4 is 5.96 Å². The molecule has 4 heteroatoms. The summed E-state index contributed by atoms with van der Waals surface area (Å²) >= 11 is 0. The van der Waals surface area contributed by atoms with E-state index in [-0.39, 0.29) is 6.10 Å². The molecule has 2 N–H and O–H groups in total. The fourth-order valence-corrected chi connectivity index (χ4v) is 1.79. The van der Waals surface area contributed by atoms with Crippen LogP contribution in [0.5, 0.6) is 0 Å². The van der Waals surface area contributed by atoms with Gasteiger partial charge in [-0.3, -0.25) is 4.99 Å². The molecule has 1 aliphatic rings. The molecule has 0 spiro atoms. The Hall–Kier alpha value is -0.770. The van der Waals surface area contributed by atoms with Crippen LogP contribution < -0.4 is 5.32 Å². The number of aliphatic imine (C=N–C) groups is 1. The Morgan fingerprint density at radius 1 is 1.56 bits per heavy atom. The summed E-state index contributed by atoms with van der Waals surface area (Å²) in [7, 11) is 0. The number of aliphatic hydroxyl groups excluding tert-OH is 1. The first-order chi connectivity index (χ1) is 7.63. The van der Waals surface area contributed by atoms with Crippen LogP contribution in [0.4, 0.5) is 0 Å². The third kappa shape index (κ3) is 4.39. The molecular weight excluding hydrogens is 202 g/mol. The van der Waals surface area contributed by atoms with Crippen molar-refractivity contribution in [2.45, 2.75) is 39.7 Å². The Labute approximate surface area is 98.7 Å². The van der Waals surface area contributed by atoms with Gasteiger partial charge < -0.3 is 15.3 Å². The maximum absolute atomic E-state index is 9.51. The fourth-order valence-electron chi connectivity index (χ4n) is 1.79. The third-order valence-corrected chi connectivity index (χ3v) is 2.77. The molecule has 0 bridgehead atoms. The lowest BCUT2D eigenvalue weighted by atomic mass is 10.1. The number of nitrogens with zero attached hydrogens (tertiary/aromatic N) is 2. The maximum atomic E-state index is 9.51. The van der Waals surface area contributed by atoms with Gasteiger partial charge in [-0.15, -0.1) is 0 Å². The molecule has 16 heavy (non-hydrogen) atoms. The molecule has 0 aliphatic carbocycles. The predicted molar refractivity (Wildman–Crippen MR) is 67.6 cm³/mol. The SMILES string of the molecule is CCNC(=NCCC(C)C)N1CC[C@@H](O)C1. The first kappa shape index (κ1) is 13.3. The Balaban J connectivity index is 2.45. The predicted octanol–water partition coefficient (Wildman–Crippen LogP) is 1.06. The molecule has 0 saturated carbocycles. The zero-order valence-electron chi connectivity index (χ0n) is 10.7. The van der Waals surface area contributed by atoms with Crippen LogP contribution in [0.25, 0.3) is 0 Å². The minimum Gasteiger partial charge on any atom is -0.391 e. The first-order valence-electron chi connectivity index (χ1n) is 6.34. The molecule has 1 rings (SSSR count). The molecule has 1 aliphatic heterocycles. The average molecular weight is 227 g/mol. The van der Waals surface area contributed by atoms with E-state index in [0.717, 1.165) is 38.4 Å². The van der Waals surface area contributed by atoms with Gasteiger partial charge in [-0.2, -0.15) is 0 Å². The van der Waals surface area contributed by atoms with Crippen LogP contribution in [0, 0.1) is 5.92 Å². The molecular formula is C12H25N3O. The summed E-state index contributed by atoms with van der Waals surface area (Å²) in [6, 6.07) is 0. The van der Waals surface area contributed by atoms with Crippen molar-refractivity contribution < 1.29 is 5.11 Å². The van der Waals surface area contributed by atoms with Crippen molar-refractivity contribution in [3.63, 3.8) is 0 Å². The highest BCUT2D eigenvalue weighted by Gasteiger charge is 2.22. The van der Waals surface area contributed by atoms with Crippen LogP contribution in [-0.4, -0.2) is 48.2 Å². The van der Waals surface area contributed by atoms with E-state index in [4.69, 9.17) is 0 Å². The van der Waals surface area contributed by atoms with E-state index in [1.54, 1.807) is 0 Å². The van der Waals surface area contributed by atoms with Crippen molar-refractivity contribution in [1.29, 1.82) is 0 Å². The van der Waals surface area contributed by atoms with E-state index in [1.807, 2.05) is 0 Å². The van der Waals surface area contributed by atoms with E-state index in [2.05, 4.69) is 36.0 Å². The number of hydrogen-bond donors (Lipinski definition) is 2. The second-order valence-electron chi connectivity index (χ2n) is 4.81. The van der Waals surface area contributed by atoms with E-state index in [9.17, 15) is 5.11 Å². The monoisotopic (exact) mass is 227 g/mol. The zero-order chi connectivity index (χ0) is 12.0. The lowest BCUT2D eigenvalue weighted by Crippen LogP contribution is -2.40. The Morgan fingerprint density at radius 3 is 2.81 bits per heavy atom. The minimum absolute atomic E-state index is 0.186. The number of aliphatic hydroxyl groups is 1. The largest absolute Gasteiger partial charge is 0.391 e. The topological polar surface area (TPSA) is 47.9 Å². The van der Waals surface area contributed by atoms with Gasteiger partial charge in [-0.05, 0) is 25.7 Å². The van der Waals surface area contributed by atoms with Crippen LogP contribution >= 0.6 is 0 Å². The molecule has 0 amide bonds. The lowest BCUT2D eigenvalue weighted by molar-refractivity contribution is 0.188. The molecule has 0 aromatic carbocycles. The van der Waals surface area contributed by atoms with Crippen molar-refractivity contribution in [2.24, 2.45) is 10.9 Å². The maximum Gasteiger partial charge on any atom is 0.194 e. The normalized spacial score (nSPS) is 21.9. The Kier molecular flexibility index (Phi) is 5.60. The van der Waals surface area contributed by atoms with Crippen molar-refractivity contribution in [3.8, 4) is 0 Å². The highest BCUT2D eigenvalue weighted by molar-refractivity contribution is 5.80.